The number of nitrogens with zero attached hydrogens (tertiary/aromatic N) is 2. The molecule has 8 nitrogen and oxygen atoms in total. The van der Waals surface area contributed by atoms with E-state index in [1.54, 1.807) is 38.2 Å². The molecule has 1 atom stereocenters. The smallest absolute Gasteiger partial charge is 0.256 e. The Hall–Kier alpha value is -4.07. The van der Waals surface area contributed by atoms with E-state index in [0.717, 1.165) is 5.56 Å². The van der Waals surface area contributed by atoms with E-state index in [-0.39, 0.29) is 18.5 Å². The molecule has 0 radical (unpaired) electrons. The maximum Gasteiger partial charge on any atom is 0.256 e. The second-order valence-electron chi connectivity index (χ2n) is 8.23. The average molecular weight is 460 g/mol. The molecule has 2 aromatic rings. The molecule has 1 unspecified atom stereocenters. The average Bonchev–Trinajstić information content (AvgIpc) is 3.41. The van der Waals surface area contributed by atoms with Gasteiger partial charge in [-0.05, 0) is 49.8 Å². The van der Waals surface area contributed by atoms with Gasteiger partial charge in [-0.15, -0.1) is 0 Å². The molecule has 3 aliphatic heterocycles. The van der Waals surface area contributed by atoms with Crippen LogP contribution in [0, 0.1) is 0 Å². The zero-order valence-corrected chi connectivity index (χ0v) is 19.4. The summed E-state index contributed by atoms with van der Waals surface area (Å²) in [5.41, 5.74) is 3.15. The number of fused-ring (bicyclic) bond motifs is 2. The Kier molecular flexibility index (Phi) is 5.36. The van der Waals surface area contributed by atoms with Gasteiger partial charge in [-0.3, -0.25) is 14.5 Å². The number of carbonyl (C=O) groups is 2. The van der Waals surface area contributed by atoms with Crippen molar-refractivity contribution in [2.24, 2.45) is 4.99 Å². The summed E-state index contributed by atoms with van der Waals surface area (Å²) in [5, 5.41) is 0. The van der Waals surface area contributed by atoms with Crippen LogP contribution in [0.5, 0.6) is 23.0 Å². The lowest BCUT2D eigenvalue weighted by molar-refractivity contribution is -0.124. The van der Waals surface area contributed by atoms with Crippen LogP contribution in [0.25, 0.3) is 6.08 Å². The lowest BCUT2D eigenvalue weighted by Gasteiger charge is -2.34. The van der Waals surface area contributed by atoms with Gasteiger partial charge in [0.2, 0.25) is 6.79 Å². The molecule has 2 aromatic carbocycles. The van der Waals surface area contributed by atoms with Crippen molar-refractivity contribution in [3.8, 4) is 23.0 Å². The minimum atomic E-state index is -0.652. The standard InChI is InChI=1S/C26H24N2O6/c1-14-24(15(2)29)25(19-7-6-18(31-3)12-21(19)32-4)28-23(27-14)11-17(26(28)30)9-16-5-8-20-22(10-16)34-13-33-20/h5-10,12,25H,11,13H2,1-4H3/b17-9+. The number of aliphatic imine (C=N–C) groups is 1. The second kappa shape index (κ2) is 8.37. The zero-order chi connectivity index (χ0) is 24.0. The summed E-state index contributed by atoms with van der Waals surface area (Å²) in [7, 11) is 3.12. The summed E-state index contributed by atoms with van der Waals surface area (Å²) in [5.74, 6) is 2.72. The fourth-order valence-electron chi connectivity index (χ4n) is 4.65. The number of methoxy groups -OCH3 is 2. The van der Waals surface area contributed by atoms with Gasteiger partial charge in [0, 0.05) is 34.9 Å². The van der Waals surface area contributed by atoms with Crippen LogP contribution in [-0.2, 0) is 9.59 Å². The van der Waals surface area contributed by atoms with Crippen molar-refractivity contribution >= 4 is 23.6 Å². The number of hydrogen-bond donors (Lipinski definition) is 0. The van der Waals surface area contributed by atoms with Crippen molar-refractivity contribution in [1.29, 1.82) is 0 Å². The van der Waals surface area contributed by atoms with Gasteiger partial charge in [0.05, 0.1) is 20.3 Å². The van der Waals surface area contributed by atoms with E-state index in [1.165, 1.54) is 6.92 Å². The van der Waals surface area contributed by atoms with E-state index in [0.29, 0.717) is 57.7 Å². The van der Waals surface area contributed by atoms with E-state index in [4.69, 9.17) is 18.9 Å². The first-order valence-electron chi connectivity index (χ1n) is 10.9. The summed E-state index contributed by atoms with van der Waals surface area (Å²) in [6.07, 6.45) is 2.18. The summed E-state index contributed by atoms with van der Waals surface area (Å²) in [6.45, 7) is 3.48. The van der Waals surface area contributed by atoms with Gasteiger partial charge in [-0.25, -0.2) is 4.99 Å². The van der Waals surface area contributed by atoms with E-state index >= 15 is 0 Å². The third-order valence-corrected chi connectivity index (χ3v) is 6.19. The predicted molar refractivity (Wildman–Crippen MR) is 125 cm³/mol. The minimum absolute atomic E-state index is 0.149. The van der Waals surface area contributed by atoms with Gasteiger partial charge in [0.1, 0.15) is 17.3 Å². The van der Waals surface area contributed by atoms with Gasteiger partial charge in [0.25, 0.3) is 5.91 Å². The Balaban J connectivity index is 1.59. The number of ketones is 1. The van der Waals surface area contributed by atoms with Gasteiger partial charge in [-0.1, -0.05) is 6.07 Å². The van der Waals surface area contributed by atoms with Crippen molar-refractivity contribution in [3.05, 3.63) is 64.4 Å². The molecule has 0 spiro atoms. The van der Waals surface area contributed by atoms with Gasteiger partial charge in [0.15, 0.2) is 17.3 Å². The molecule has 3 aliphatic rings. The highest BCUT2D eigenvalue weighted by molar-refractivity contribution is 6.19. The van der Waals surface area contributed by atoms with Gasteiger partial charge >= 0.3 is 0 Å². The van der Waals surface area contributed by atoms with E-state index in [9.17, 15) is 9.59 Å². The van der Waals surface area contributed by atoms with Crippen molar-refractivity contribution in [1.82, 2.24) is 4.90 Å². The molecule has 1 saturated heterocycles. The molecule has 1 amide bonds. The van der Waals surface area contributed by atoms with Crippen molar-refractivity contribution in [2.75, 3.05) is 21.0 Å². The number of hydrogen-bond acceptors (Lipinski definition) is 7. The Bertz CT molecular complexity index is 1310. The molecule has 5 rings (SSSR count). The molecule has 0 aliphatic carbocycles. The number of allylic oxidation sites excluding steroid dienone is 1. The summed E-state index contributed by atoms with van der Waals surface area (Å²) in [6, 6.07) is 10.3. The first-order chi connectivity index (χ1) is 16.4. The third kappa shape index (κ3) is 3.51. The molecule has 8 heteroatoms. The van der Waals surface area contributed by atoms with Crippen LogP contribution < -0.4 is 18.9 Å². The van der Waals surface area contributed by atoms with Crippen LogP contribution in [0.1, 0.15) is 37.4 Å². The van der Waals surface area contributed by atoms with E-state index in [1.807, 2.05) is 30.3 Å². The monoisotopic (exact) mass is 460 g/mol. The largest absolute Gasteiger partial charge is 0.497 e. The minimum Gasteiger partial charge on any atom is -0.497 e. The normalized spacial score (nSPS) is 19.9. The fourth-order valence-corrected chi connectivity index (χ4v) is 4.65. The number of ether oxygens (including phenoxy) is 4. The molecule has 1 fully saturated rings. The lowest BCUT2D eigenvalue weighted by Crippen LogP contribution is -2.39. The van der Waals surface area contributed by atoms with Gasteiger partial charge in [-0.2, -0.15) is 0 Å². The molecular weight excluding hydrogens is 436 g/mol. The zero-order valence-electron chi connectivity index (χ0n) is 19.4. The predicted octanol–water partition coefficient (Wildman–Crippen LogP) is 4.06. The van der Waals surface area contributed by atoms with Crippen LogP contribution in [-0.4, -0.2) is 43.4 Å². The molecule has 0 aromatic heterocycles. The summed E-state index contributed by atoms with van der Waals surface area (Å²) < 4.78 is 21.8. The van der Waals surface area contributed by atoms with Gasteiger partial charge < -0.3 is 18.9 Å². The number of benzene rings is 2. The van der Waals surface area contributed by atoms with Crippen LogP contribution in [0.3, 0.4) is 0 Å². The van der Waals surface area contributed by atoms with Crippen molar-refractivity contribution in [2.45, 2.75) is 26.3 Å². The maximum atomic E-state index is 13.7. The first kappa shape index (κ1) is 21.8. The number of rotatable bonds is 5. The van der Waals surface area contributed by atoms with Crippen molar-refractivity contribution < 1.29 is 28.5 Å². The Labute approximate surface area is 197 Å². The molecule has 174 valence electrons. The molecule has 3 heterocycles. The highest BCUT2D eigenvalue weighted by Crippen LogP contribution is 2.44. The lowest BCUT2D eigenvalue weighted by atomic mass is 9.91. The molecule has 0 N–H and O–H groups in total. The quantitative estimate of drug-likeness (QED) is 0.626. The number of Topliss-reactive ketones (excluding diaryl/α,β-unsaturated/α-hetero) is 1. The molecule has 0 saturated carbocycles. The van der Waals surface area contributed by atoms with Crippen LogP contribution in [0.4, 0.5) is 0 Å². The van der Waals surface area contributed by atoms with Crippen LogP contribution in [0.15, 0.2) is 58.2 Å². The summed E-state index contributed by atoms with van der Waals surface area (Å²) >= 11 is 0. The topological polar surface area (TPSA) is 86.7 Å². The fraction of sp³-hybridized carbons (Fsp3) is 0.269. The molecule has 0 bridgehead atoms. The van der Waals surface area contributed by atoms with E-state index < -0.39 is 6.04 Å². The Morgan fingerprint density at radius 2 is 1.91 bits per heavy atom. The number of amides is 1. The second-order valence-corrected chi connectivity index (χ2v) is 8.23. The highest BCUT2D eigenvalue weighted by Gasteiger charge is 2.44. The van der Waals surface area contributed by atoms with Crippen LogP contribution >= 0.6 is 0 Å². The Morgan fingerprint density at radius 1 is 1.12 bits per heavy atom. The van der Waals surface area contributed by atoms with Crippen molar-refractivity contribution in [3.63, 3.8) is 0 Å². The highest BCUT2D eigenvalue weighted by atomic mass is 16.7. The number of carbonyl (C=O) groups excluding carboxylic acids is 2. The number of amidine groups is 1. The maximum absolute atomic E-state index is 13.7. The molecule has 34 heavy (non-hydrogen) atoms. The Morgan fingerprint density at radius 3 is 2.65 bits per heavy atom. The van der Waals surface area contributed by atoms with E-state index in [2.05, 4.69) is 4.99 Å². The van der Waals surface area contributed by atoms with Crippen LogP contribution in [0.2, 0.25) is 0 Å². The summed E-state index contributed by atoms with van der Waals surface area (Å²) in [4.78, 5) is 32.6. The SMILES string of the molecule is COc1ccc(C2C(C(C)=O)=C(C)N=C3C/C(=C\c4ccc5c(c4)OCO5)C(=O)N32)c(OC)c1. The first-order valence-corrected chi connectivity index (χ1v) is 10.9. The molecular formula is C26H24N2O6. The third-order valence-electron chi connectivity index (χ3n) is 6.19.